The summed E-state index contributed by atoms with van der Waals surface area (Å²) in [4.78, 5) is 17.4. The zero-order chi connectivity index (χ0) is 19.5. The second kappa shape index (κ2) is 8.23. The van der Waals surface area contributed by atoms with E-state index in [1.165, 1.54) is 23.7 Å². The van der Waals surface area contributed by atoms with Gasteiger partial charge in [0.15, 0.2) is 5.78 Å². The molecule has 0 unspecified atom stereocenters. The molecule has 0 aliphatic heterocycles. The van der Waals surface area contributed by atoms with Crippen molar-refractivity contribution in [2.24, 2.45) is 0 Å². The average molecular weight is 394 g/mol. The van der Waals surface area contributed by atoms with Gasteiger partial charge in [-0.2, -0.15) is 0 Å². The van der Waals surface area contributed by atoms with Gasteiger partial charge in [0.05, 0.1) is 17.9 Å². The first kappa shape index (κ1) is 18.8. The third-order valence-electron chi connectivity index (χ3n) is 5.05. The smallest absolute Gasteiger partial charge is 0.173 e. The molecule has 0 fully saturated rings. The van der Waals surface area contributed by atoms with E-state index in [0.717, 1.165) is 52.8 Å². The summed E-state index contributed by atoms with van der Waals surface area (Å²) in [5, 5.41) is 0.881. The molecule has 0 N–H and O–H groups in total. The van der Waals surface area contributed by atoms with E-state index in [2.05, 4.69) is 6.07 Å². The third-order valence-corrected chi connectivity index (χ3v) is 5.96. The molecule has 2 heterocycles. The molecule has 0 spiro atoms. The highest BCUT2D eigenvalue weighted by atomic mass is 32.2. The van der Waals surface area contributed by atoms with Crippen LogP contribution < -0.4 is 4.74 Å². The number of fused-ring (bicyclic) bond motifs is 1. The molecule has 5 heteroatoms. The first-order valence-corrected chi connectivity index (χ1v) is 10.5. The number of nitrogens with zero attached hydrogens (tertiary/aromatic N) is 1. The predicted molar refractivity (Wildman–Crippen MR) is 111 cm³/mol. The first-order valence-electron chi connectivity index (χ1n) is 9.53. The number of pyridine rings is 1. The summed E-state index contributed by atoms with van der Waals surface area (Å²) < 4.78 is 11.0. The Kier molecular flexibility index (Phi) is 5.53. The summed E-state index contributed by atoms with van der Waals surface area (Å²) in [5.41, 5.74) is 4.26. The Labute approximate surface area is 169 Å². The van der Waals surface area contributed by atoms with Crippen molar-refractivity contribution in [1.82, 2.24) is 4.98 Å². The Balaban J connectivity index is 1.56. The quantitative estimate of drug-likeness (QED) is 0.408. The minimum atomic E-state index is 0.0857. The number of aromatic nitrogens is 1. The van der Waals surface area contributed by atoms with Crippen LogP contribution in [0.1, 0.15) is 40.2 Å². The van der Waals surface area contributed by atoms with Gasteiger partial charge in [0, 0.05) is 16.8 Å². The number of carbonyl (C=O) groups excluding carboxylic acids is 1. The molecule has 144 valence electrons. The van der Waals surface area contributed by atoms with Crippen LogP contribution in [-0.2, 0) is 12.8 Å². The molecule has 0 amide bonds. The van der Waals surface area contributed by atoms with Gasteiger partial charge in [-0.3, -0.25) is 4.79 Å². The van der Waals surface area contributed by atoms with Crippen molar-refractivity contribution in [1.29, 1.82) is 0 Å². The largest absolute Gasteiger partial charge is 0.497 e. The number of aryl methyl sites for hydroxylation is 2. The maximum atomic E-state index is 12.6. The van der Waals surface area contributed by atoms with E-state index in [1.807, 2.05) is 31.2 Å². The van der Waals surface area contributed by atoms with Gasteiger partial charge >= 0.3 is 0 Å². The lowest BCUT2D eigenvalue weighted by Gasteiger charge is -2.19. The van der Waals surface area contributed by atoms with Crippen LogP contribution in [0.4, 0.5) is 0 Å². The first-order chi connectivity index (χ1) is 13.6. The molecular weight excluding hydrogens is 370 g/mol. The number of hydrogen-bond donors (Lipinski definition) is 0. The molecule has 2 aromatic heterocycles. The fourth-order valence-electron chi connectivity index (χ4n) is 3.55. The summed E-state index contributed by atoms with van der Waals surface area (Å²) in [6, 6.07) is 13.3. The van der Waals surface area contributed by atoms with Crippen LogP contribution in [0.2, 0.25) is 0 Å². The maximum absolute atomic E-state index is 12.6. The van der Waals surface area contributed by atoms with E-state index in [-0.39, 0.29) is 5.78 Å². The minimum absolute atomic E-state index is 0.0857. The van der Waals surface area contributed by atoms with Crippen LogP contribution in [0.15, 0.2) is 51.9 Å². The molecule has 1 aliphatic carbocycles. The number of ketones is 1. The predicted octanol–water partition coefficient (Wildman–Crippen LogP) is 5.51. The molecule has 3 aromatic rings. The van der Waals surface area contributed by atoms with Crippen molar-refractivity contribution in [3.8, 4) is 17.1 Å². The number of carbonyl (C=O) groups is 1. The Bertz CT molecular complexity index is 992. The van der Waals surface area contributed by atoms with E-state index in [0.29, 0.717) is 11.3 Å². The Morgan fingerprint density at radius 2 is 1.93 bits per heavy atom. The van der Waals surface area contributed by atoms with Gasteiger partial charge in [0.25, 0.3) is 0 Å². The van der Waals surface area contributed by atoms with E-state index >= 15 is 0 Å². The standard InChI is InChI=1S/C23H23NO3S/c1-15-7-12-22(27-15)19-13-23(24-20-6-4-3-5-18(19)20)28-14-21(25)16-8-10-17(26-2)11-9-16/h7-13H,3-6,14H2,1-2H3. The summed E-state index contributed by atoms with van der Waals surface area (Å²) >= 11 is 1.49. The van der Waals surface area contributed by atoms with Crippen molar-refractivity contribution >= 4 is 17.5 Å². The Morgan fingerprint density at radius 1 is 1.14 bits per heavy atom. The highest BCUT2D eigenvalue weighted by Crippen LogP contribution is 2.35. The number of hydrogen-bond acceptors (Lipinski definition) is 5. The Morgan fingerprint density at radius 3 is 2.64 bits per heavy atom. The number of ether oxygens (including phenoxy) is 1. The molecule has 0 atom stereocenters. The van der Waals surface area contributed by atoms with E-state index in [4.69, 9.17) is 14.1 Å². The zero-order valence-corrected chi connectivity index (χ0v) is 17.0. The highest BCUT2D eigenvalue weighted by Gasteiger charge is 2.20. The maximum Gasteiger partial charge on any atom is 0.173 e. The van der Waals surface area contributed by atoms with Crippen molar-refractivity contribution < 1.29 is 13.9 Å². The van der Waals surface area contributed by atoms with E-state index < -0.39 is 0 Å². The molecule has 0 saturated heterocycles. The van der Waals surface area contributed by atoms with Crippen LogP contribution >= 0.6 is 11.8 Å². The fraction of sp³-hybridized carbons (Fsp3) is 0.304. The fourth-order valence-corrected chi connectivity index (χ4v) is 4.37. The van der Waals surface area contributed by atoms with Crippen LogP contribution in [0, 0.1) is 6.92 Å². The van der Waals surface area contributed by atoms with Gasteiger partial charge < -0.3 is 9.15 Å². The van der Waals surface area contributed by atoms with Gasteiger partial charge in [-0.15, -0.1) is 0 Å². The lowest BCUT2D eigenvalue weighted by atomic mass is 9.91. The molecule has 4 rings (SSSR count). The van der Waals surface area contributed by atoms with Crippen LogP contribution in [0.5, 0.6) is 5.75 Å². The van der Waals surface area contributed by atoms with E-state index in [9.17, 15) is 4.79 Å². The number of methoxy groups -OCH3 is 1. The Hall–Kier alpha value is -2.53. The molecule has 0 bridgehead atoms. The molecule has 0 radical (unpaired) electrons. The topological polar surface area (TPSA) is 52.3 Å². The molecule has 0 saturated carbocycles. The summed E-state index contributed by atoms with van der Waals surface area (Å²) in [5.74, 6) is 2.98. The van der Waals surface area contributed by atoms with Crippen LogP contribution in [0.3, 0.4) is 0 Å². The second-order valence-electron chi connectivity index (χ2n) is 6.99. The van der Waals surface area contributed by atoms with Gasteiger partial charge in [-0.05, 0) is 80.6 Å². The molecule has 28 heavy (non-hydrogen) atoms. The summed E-state index contributed by atoms with van der Waals surface area (Å²) in [6.45, 7) is 1.96. The molecule has 1 aliphatic rings. The number of thioether (sulfide) groups is 1. The SMILES string of the molecule is COc1ccc(C(=O)CSc2cc(-c3ccc(C)o3)c3c(n2)CCCC3)cc1. The van der Waals surface area contributed by atoms with Crippen LogP contribution in [-0.4, -0.2) is 23.6 Å². The summed E-state index contributed by atoms with van der Waals surface area (Å²) in [7, 11) is 1.62. The number of Topliss-reactive ketones (excluding diaryl/α,β-unsaturated/α-hetero) is 1. The average Bonchev–Trinajstić information content (AvgIpc) is 3.17. The van der Waals surface area contributed by atoms with Crippen molar-refractivity contribution in [2.75, 3.05) is 12.9 Å². The van der Waals surface area contributed by atoms with Crippen molar-refractivity contribution in [2.45, 2.75) is 37.6 Å². The van der Waals surface area contributed by atoms with Crippen molar-refractivity contribution in [3.63, 3.8) is 0 Å². The number of furan rings is 1. The normalized spacial score (nSPS) is 13.2. The summed E-state index contributed by atoms with van der Waals surface area (Å²) in [6.07, 6.45) is 4.37. The molecule has 4 nitrogen and oxygen atoms in total. The van der Waals surface area contributed by atoms with Gasteiger partial charge in [0.1, 0.15) is 17.3 Å². The van der Waals surface area contributed by atoms with Gasteiger partial charge in [0.2, 0.25) is 0 Å². The lowest BCUT2D eigenvalue weighted by molar-refractivity contribution is 0.102. The van der Waals surface area contributed by atoms with Crippen LogP contribution in [0.25, 0.3) is 11.3 Å². The zero-order valence-electron chi connectivity index (χ0n) is 16.2. The second-order valence-corrected chi connectivity index (χ2v) is 7.99. The van der Waals surface area contributed by atoms with Gasteiger partial charge in [-0.1, -0.05) is 11.8 Å². The number of benzene rings is 1. The molecule has 1 aromatic carbocycles. The molecular formula is C23H23NO3S. The van der Waals surface area contributed by atoms with Gasteiger partial charge in [-0.25, -0.2) is 4.98 Å². The van der Waals surface area contributed by atoms with E-state index in [1.54, 1.807) is 19.2 Å². The van der Waals surface area contributed by atoms with Crippen molar-refractivity contribution in [3.05, 3.63) is 65.0 Å². The monoisotopic (exact) mass is 393 g/mol. The minimum Gasteiger partial charge on any atom is -0.497 e. The third kappa shape index (κ3) is 3.99. The lowest BCUT2D eigenvalue weighted by Crippen LogP contribution is -2.09. The number of rotatable bonds is 6. The highest BCUT2D eigenvalue weighted by molar-refractivity contribution is 7.99.